The molecule has 0 saturated heterocycles. The van der Waals surface area contributed by atoms with Crippen LogP contribution in [-0.2, 0) is 11.2 Å². The predicted molar refractivity (Wildman–Crippen MR) is 99.4 cm³/mol. The number of nitrogens with zero attached hydrogens (tertiary/aromatic N) is 2. The Morgan fingerprint density at radius 2 is 1.52 bits per heavy atom. The average Bonchev–Trinajstić information content (AvgIpc) is 3.06. The molecule has 6 nitrogen and oxygen atoms in total. The van der Waals surface area contributed by atoms with Crippen molar-refractivity contribution in [3.05, 3.63) is 58.6 Å². The van der Waals surface area contributed by atoms with Gasteiger partial charge in [0.2, 0.25) is 11.8 Å². The molecule has 0 spiro atoms. The Labute approximate surface area is 158 Å². The molecule has 1 unspecified atom stereocenters. The highest BCUT2D eigenvalue weighted by Crippen LogP contribution is 2.25. The van der Waals surface area contributed by atoms with Crippen LogP contribution in [0.2, 0.25) is 0 Å². The van der Waals surface area contributed by atoms with Crippen molar-refractivity contribution >= 4 is 34.3 Å². The molecule has 0 aliphatic heterocycles. The number of carbonyl (C=O) groups is 1. The van der Waals surface area contributed by atoms with E-state index in [0.717, 1.165) is 21.2 Å². The van der Waals surface area contributed by atoms with Gasteiger partial charge in [0.05, 0.1) is 0 Å². The number of carboxylic acids is 1. The summed E-state index contributed by atoms with van der Waals surface area (Å²) in [5.74, 6) is -0.174. The molecule has 130 valence electrons. The molecule has 0 aliphatic carbocycles. The highest BCUT2D eigenvalue weighted by Gasteiger charge is 2.13. The standard InChI is InChI=1S/C17H14BrN3O3.ClH/c18-13-7-5-12(6-8-13)16-21-20-15(24-16)11-3-1-10(2-4-11)9-14(19)17(22)23;/h1-8,14H,9,19H2,(H,22,23);1H. The summed E-state index contributed by atoms with van der Waals surface area (Å²) in [4.78, 5) is 10.8. The van der Waals surface area contributed by atoms with Gasteiger partial charge in [-0.05, 0) is 48.4 Å². The highest BCUT2D eigenvalue weighted by molar-refractivity contribution is 9.10. The first-order valence-corrected chi connectivity index (χ1v) is 7.99. The smallest absolute Gasteiger partial charge is 0.320 e. The summed E-state index contributed by atoms with van der Waals surface area (Å²) in [6, 6.07) is 13.9. The van der Waals surface area contributed by atoms with Crippen LogP contribution in [0.25, 0.3) is 22.9 Å². The number of halogens is 2. The first kappa shape index (κ1) is 19.1. The molecule has 0 radical (unpaired) electrons. The minimum Gasteiger partial charge on any atom is -0.480 e. The molecule has 25 heavy (non-hydrogen) atoms. The molecule has 0 amide bonds. The summed E-state index contributed by atoms with van der Waals surface area (Å²) >= 11 is 3.38. The van der Waals surface area contributed by atoms with E-state index >= 15 is 0 Å². The van der Waals surface area contributed by atoms with E-state index in [0.29, 0.717) is 11.8 Å². The molecule has 0 aliphatic rings. The van der Waals surface area contributed by atoms with Crippen LogP contribution in [0, 0.1) is 0 Å². The molecule has 1 heterocycles. The molecular formula is C17H15BrClN3O3. The fraction of sp³-hybridized carbons (Fsp3) is 0.118. The topological polar surface area (TPSA) is 102 Å². The van der Waals surface area contributed by atoms with Gasteiger partial charge >= 0.3 is 5.97 Å². The Morgan fingerprint density at radius 1 is 1.04 bits per heavy atom. The monoisotopic (exact) mass is 423 g/mol. The van der Waals surface area contributed by atoms with Gasteiger partial charge in [0.1, 0.15) is 6.04 Å². The number of hydrogen-bond donors (Lipinski definition) is 2. The summed E-state index contributed by atoms with van der Waals surface area (Å²) in [5.41, 5.74) is 7.96. The van der Waals surface area contributed by atoms with Crippen LogP contribution in [0.3, 0.4) is 0 Å². The molecule has 1 atom stereocenters. The average molecular weight is 425 g/mol. The van der Waals surface area contributed by atoms with Crippen LogP contribution < -0.4 is 5.73 Å². The van der Waals surface area contributed by atoms with Gasteiger partial charge in [-0.3, -0.25) is 4.79 Å². The molecule has 3 N–H and O–H groups in total. The number of aliphatic carboxylic acids is 1. The second kappa shape index (κ2) is 8.24. The van der Waals surface area contributed by atoms with Crippen LogP contribution in [-0.4, -0.2) is 27.3 Å². The lowest BCUT2D eigenvalue weighted by Crippen LogP contribution is -2.32. The van der Waals surface area contributed by atoms with Gasteiger partial charge in [0, 0.05) is 15.6 Å². The second-order valence-corrected chi connectivity index (χ2v) is 6.18. The van der Waals surface area contributed by atoms with Gasteiger partial charge < -0.3 is 15.3 Å². The third-order valence-corrected chi connectivity index (χ3v) is 4.02. The highest BCUT2D eigenvalue weighted by atomic mass is 79.9. The number of nitrogens with two attached hydrogens (primary N) is 1. The van der Waals surface area contributed by atoms with Gasteiger partial charge in [0.15, 0.2) is 0 Å². The number of hydrogen-bond acceptors (Lipinski definition) is 5. The molecule has 8 heteroatoms. The van der Waals surface area contributed by atoms with Crippen molar-refractivity contribution in [3.63, 3.8) is 0 Å². The van der Waals surface area contributed by atoms with Gasteiger partial charge in [-0.25, -0.2) is 0 Å². The van der Waals surface area contributed by atoms with E-state index in [1.165, 1.54) is 0 Å². The van der Waals surface area contributed by atoms with Crippen LogP contribution >= 0.6 is 28.3 Å². The summed E-state index contributed by atoms with van der Waals surface area (Å²) in [7, 11) is 0. The Balaban J connectivity index is 0.00000225. The SMILES string of the molecule is Cl.NC(Cc1ccc(-c2nnc(-c3ccc(Br)cc3)o2)cc1)C(=O)O. The summed E-state index contributed by atoms with van der Waals surface area (Å²) in [5, 5.41) is 17.0. The van der Waals surface area contributed by atoms with Gasteiger partial charge in [-0.1, -0.05) is 28.1 Å². The number of carboxylic acid groups (broad SMARTS) is 1. The largest absolute Gasteiger partial charge is 0.480 e. The maximum atomic E-state index is 10.8. The van der Waals surface area contributed by atoms with Crippen molar-refractivity contribution in [3.8, 4) is 22.9 Å². The van der Waals surface area contributed by atoms with Crippen molar-refractivity contribution in [1.29, 1.82) is 0 Å². The summed E-state index contributed by atoms with van der Waals surface area (Å²) < 4.78 is 6.67. The van der Waals surface area contributed by atoms with E-state index in [9.17, 15) is 4.79 Å². The molecule has 0 fully saturated rings. The third kappa shape index (κ3) is 4.66. The first-order chi connectivity index (χ1) is 11.5. The van der Waals surface area contributed by atoms with E-state index in [1.807, 2.05) is 48.5 Å². The fourth-order valence-electron chi connectivity index (χ4n) is 2.17. The van der Waals surface area contributed by atoms with Crippen molar-refractivity contribution in [2.75, 3.05) is 0 Å². The van der Waals surface area contributed by atoms with E-state index in [2.05, 4.69) is 26.1 Å². The Morgan fingerprint density at radius 3 is 2.00 bits per heavy atom. The lowest BCUT2D eigenvalue weighted by molar-refractivity contribution is -0.138. The molecule has 2 aromatic carbocycles. The number of rotatable bonds is 5. The van der Waals surface area contributed by atoms with Crippen molar-refractivity contribution in [2.24, 2.45) is 5.73 Å². The zero-order chi connectivity index (χ0) is 17.1. The normalized spacial score (nSPS) is 11.6. The second-order valence-electron chi connectivity index (χ2n) is 5.27. The van der Waals surface area contributed by atoms with Crippen LogP contribution in [0.15, 0.2) is 57.4 Å². The maximum Gasteiger partial charge on any atom is 0.320 e. The summed E-state index contributed by atoms with van der Waals surface area (Å²) in [6.07, 6.45) is 0.267. The van der Waals surface area contributed by atoms with E-state index in [-0.39, 0.29) is 18.8 Å². The first-order valence-electron chi connectivity index (χ1n) is 7.20. The van der Waals surface area contributed by atoms with Gasteiger partial charge in [-0.15, -0.1) is 22.6 Å². The molecular weight excluding hydrogens is 410 g/mol. The molecule has 3 aromatic rings. The maximum absolute atomic E-state index is 10.8. The van der Waals surface area contributed by atoms with E-state index < -0.39 is 12.0 Å². The minimum atomic E-state index is -1.02. The van der Waals surface area contributed by atoms with Crippen molar-refractivity contribution in [1.82, 2.24) is 10.2 Å². The molecule has 0 bridgehead atoms. The lowest BCUT2D eigenvalue weighted by atomic mass is 10.0. The van der Waals surface area contributed by atoms with E-state index in [1.54, 1.807) is 0 Å². The minimum absolute atomic E-state index is 0. The lowest BCUT2D eigenvalue weighted by Gasteiger charge is -2.06. The van der Waals surface area contributed by atoms with Crippen LogP contribution in [0.5, 0.6) is 0 Å². The quantitative estimate of drug-likeness (QED) is 0.649. The van der Waals surface area contributed by atoms with Crippen molar-refractivity contribution < 1.29 is 14.3 Å². The molecule has 1 aromatic heterocycles. The van der Waals surface area contributed by atoms with Gasteiger partial charge in [0.25, 0.3) is 0 Å². The van der Waals surface area contributed by atoms with Crippen LogP contribution in [0.4, 0.5) is 0 Å². The van der Waals surface area contributed by atoms with Gasteiger partial charge in [-0.2, -0.15) is 0 Å². The number of aromatic nitrogens is 2. The zero-order valence-corrected chi connectivity index (χ0v) is 15.3. The number of benzene rings is 2. The Kier molecular flexibility index (Phi) is 6.30. The Hall–Kier alpha value is -2.22. The van der Waals surface area contributed by atoms with E-state index in [4.69, 9.17) is 15.3 Å². The predicted octanol–water partition coefficient (Wildman–Crippen LogP) is 3.54. The van der Waals surface area contributed by atoms with Crippen molar-refractivity contribution in [2.45, 2.75) is 12.5 Å². The summed E-state index contributed by atoms with van der Waals surface area (Å²) in [6.45, 7) is 0. The van der Waals surface area contributed by atoms with Crippen LogP contribution in [0.1, 0.15) is 5.56 Å². The molecule has 3 rings (SSSR count). The zero-order valence-electron chi connectivity index (χ0n) is 12.9. The Bertz CT molecular complexity index is 850. The fourth-order valence-corrected chi connectivity index (χ4v) is 2.44. The molecule has 0 saturated carbocycles. The third-order valence-electron chi connectivity index (χ3n) is 3.49.